The van der Waals surface area contributed by atoms with Gasteiger partial charge in [-0.3, -0.25) is 9.36 Å². The maximum Gasteiger partial charge on any atom is 0.338 e. The van der Waals surface area contributed by atoms with E-state index in [0.717, 1.165) is 6.42 Å². The van der Waals surface area contributed by atoms with Crippen molar-refractivity contribution in [3.63, 3.8) is 0 Å². The van der Waals surface area contributed by atoms with E-state index in [1.165, 1.54) is 0 Å². The van der Waals surface area contributed by atoms with E-state index in [1.807, 2.05) is 20.8 Å². The molecule has 0 aliphatic heterocycles. The van der Waals surface area contributed by atoms with Crippen molar-refractivity contribution in [3.05, 3.63) is 0 Å². The highest BCUT2D eigenvalue weighted by Crippen LogP contribution is 2.49. The first-order chi connectivity index (χ1) is 8.81. The van der Waals surface area contributed by atoms with E-state index in [1.54, 1.807) is 13.8 Å². The number of hydrogen-bond donors (Lipinski definition) is 0. The molecule has 0 atom stereocenters. The summed E-state index contributed by atoms with van der Waals surface area (Å²) in [5.74, 6) is 5.77. The second-order valence-electron chi connectivity index (χ2n) is 4.80. The highest BCUT2D eigenvalue weighted by Gasteiger charge is 2.35. The molecule has 0 aliphatic carbocycles. The van der Waals surface area contributed by atoms with Crippen LogP contribution in [0.2, 0.25) is 0 Å². The summed E-state index contributed by atoms with van der Waals surface area (Å²) in [5.41, 5.74) is -0.633. The third-order valence-electron chi connectivity index (χ3n) is 2.58. The fourth-order valence-electron chi connectivity index (χ4n) is 1.42. The van der Waals surface area contributed by atoms with Crippen LogP contribution in [0.25, 0.3) is 0 Å². The first-order valence-electron chi connectivity index (χ1n) is 6.68. The molecule has 0 aromatic rings. The minimum absolute atomic E-state index is 0.136. The van der Waals surface area contributed by atoms with Gasteiger partial charge in [0.05, 0.1) is 13.2 Å². The lowest BCUT2D eigenvalue weighted by Crippen LogP contribution is -2.27. The number of hydrogen-bond acceptors (Lipinski definition) is 4. The second-order valence-corrected chi connectivity index (χ2v) is 6.85. The van der Waals surface area contributed by atoms with Crippen molar-refractivity contribution in [2.24, 2.45) is 5.41 Å². The summed E-state index contributed by atoms with van der Waals surface area (Å²) in [7, 11) is -3.31. The fraction of sp³-hybridized carbons (Fsp3) is 0.786. The van der Waals surface area contributed by atoms with Crippen molar-refractivity contribution in [3.8, 4) is 11.8 Å². The zero-order valence-corrected chi connectivity index (χ0v) is 13.5. The lowest BCUT2D eigenvalue weighted by Gasteiger charge is -2.23. The fourth-order valence-corrected chi connectivity index (χ4v) is 3.24. The predicted octanol–water partition coefficient (Wildman–Crippen LogP) is 3.65. The van der Waals surface area contributed by atoms with Gasteiger partial charge in [-0.25, -0.2) is 0 Å². The quantitative estimate of drug-likeness (QED) is 0.505. The molecule has 5 heteroatoms. The smallest absolute Gasteiger partial charge is 0.309 e. The SMILES string of the molecule is CCC#CCC(C)(C)C(=O)CP(=O)(OCC)OCC. The number of ketones is 1. The van der Waals surface area contributed by atoms with Gasteiger partial charge in [0.15, 0.2) is 5.78 Å². The Kier molecular flexibility index (Phi) is 8.25. The van der Waals surface area contributed by atoms with Crippen LogP contribution in [0, 0.1) is 17.3 Å². The molecule has 0 unspecified atom stereocenters. The molecule has 19 heavy (non-hydrogen) atoms. The van der Waals surface area contributed by atoms with Crippen LogP contribution < -0.4 is 0 Å². The third kappa shape index (κ3) is 6.92. The molecule has 0 aromatic carbocycles. The van der Waals surface area contributed by atoms with Crippen molar-refractivity contribution in [2.75, 3.05) is 19.4 Å². The van der Waals surface area contributed by atoms with E-state index in [-0.39, 0.29) is 25.2 Å². The van der Waals surface area contributed by atoms with Gasteiger partial charge >= 0.3 is 7.60 Å². The Hall–Kier alpha value is -0.620. The third-order valence-corrected chi connectivity index (χ3v) is 4.55. The number of carbonyl (C=O) groups excluding carboxylic acids is 1. The van der Waals surface area contributed by atoms with Gasteiger partial charge in [-0.2, -0.15) is 0 Å². The van der Waals surface area contributed by atoms with Crippen LogP contribution in [0.3, 0.4) is 0 Å². The van der Waals surface area contributed by atoms with Crippen LogP contribution in [0.5, 0.6) is 0 Å². The minimum Gasteiger partial charge on any atom is -0.309 e. The normalized spacial score (nSPS) is 11.8. The summed E-state index contributed by atoms with van der Waals surface area (Å²) in [6.07, 6.45) is 1.04. The van der Waals surface area contributed by atoms with Gasteiger partial charge in [-0.1, -0.05) is 20.8 Å². The monoisotopic (exact) mass is 288 g/mol. The van der Waals surface area contributed by atoms with Crippen molar-refractivity contribution < 1.29 is 18.4 Å². The Morgan fingerprint density at radius 1 is 1.11 bits per heavy atom. The van der Waals surface area contributed by atoms with Crippen molar-refractivity contribution in [2.45, 2.75) is 47.5 Å². The molecular formula is C14H25O4P. The summed E-state index contributed by atoms with van der Waals surface area (Å²) < 4.78 is 22.6. The standard InChI is InChI=1S/C14H25O4P/c1-6-9-10-11-14(4,5)13(15)12-19(16,17-7-2)18-8-3/h6-8,11-12H2,1-5H3. The van der Waals surface area contributed by atoms with Gasteiger partial charge in [0.25, 0.3) is 0 Å². The van der Waals surface area contributed by atoms with Crippen molar-refractivity contribution >= 4 is 13.4 Å². The van der Waals surface area contributed by atoms with E-state index in [9.17, 15) is 9.36 Å². The molecule has 4 nitrogen and oxygen atoms in total. The van der Waals surface area contributed by atoms with Crippen LogP contribution in [0.4, 0.5) is 0 Å². The molecule has 0 heterocycles. The van der Waals surface area contributed by atoms with Crippen LogP contribution in [-0.4, -0.2) is 25.2 Å². The Morgan fingerprint density at radius 2 is 1.63 bits per heavy atom. The Balaban J connectivity index is 4.75. The topological polar surface area (TPSA) is 52.6 Å². The number of carbonyl (C=O) groups is 1. The first-order valence-corrected chi connectivity index (χ1v) is 8.41. The molecule has 0 bridgehead atoms. The molecule has 0 saturated heterocycles. The van der Waals surface area contributed by atoms with Crippen molar-refractivity contribution in [1.29, 1.82) is 0 Å². The molecule has 110 valence electrons. The Bertz CT molecular complexity index is 380. The average molecular weight is 288 g/mol. The van der Waals surface area contributed by atoms with Crippen LogP contribution in [0.15, 0.2) is 0 Å². The average Bonchev–Trinajstić information content (AvgIpc) is 2.29. The highest BCUT2D eigenvalue weighted by atomic mass is 31.2. The predicted molar refractivity (Wildman–Crippen MR) is 77.2 cm³/mol. The molecule has 0 rings (SSSR count). The summed E-state index contributed by atoms with van der Waals surface area (Å²) >= 11 is 0. The summed E-state index contributed by atoms with van der Waals surface area (Å²) in [6.45, 7) is 9.56. The van der Waals surface area contributed by atoms with Gasteiger partial charge in [0.2, 0.25) is 0 Å². The number of rotatable bonds is 8. The Morgan fingerprint density at radius 3 is 2.05 bits per heavy atom. The van der Waals surface area contributed by atoms with Crippen molar-refractivity contribution in [1.82, 2.24) is 0 Å². The summed E-state index contributed by atoms with van der Waals surface area (Å²) in [5, 5.41) is 0. The molecule has 0 amide bonds. The maximum atomic E-state index is 12.3. The van der Waals surface area contributed by atoms with Gasteiger partial charge in [0, 0.05) is 18.3 Å². The van der Waals surface area contributed by atoms with E-state index in [0.29, 0.717) is 6.42 Å². The molecule has 0 saturated carbocycles. The van der Waals surface area contributed by atoms with Crippen LogP contribution in [0.1, 0.15) is 47.5 Å². The summed E-state index contributed by atoms with van der Waals surface area (Å²) in [4.78, 5) is 12.2. The molecule has 0 N–H and O–H groups in total. The lowest BCUT2D eigenvalue weighted by molar-refractivity contribution is -0.124. The van der Waals surface area contributed by atoms with Crippen LogP contribution in [-0.2, 0) is 18.4 Å². The maximum absolute atomic E-state index is 12.3. The van der Waals surface area contributed by atoms with E-state index in [2.05, 4.69) is 11.8 Å². The lowest BCUT2D eigenvalue weighted by atomic mass is 9.85. The molecule has 0 aromatic heterocycles. The number of Topliss-reactive ketones (excluding diaryl/α,β-unsaturated/α-hetero) is 1. The van der Waals surface area contributed by atoms with Gasteiger partial charge in [-0.05, 0) is 13.8 Å². The molecule has 0 aliphatic rings. The second kappa shape index (κ2) is 8.53. The molecule has 0 radical (unpaired) electrons. The van der Waals surface area contributed by atoms with Gasteiger partial charge < -0.3 is 9.05 Å². The van der Waals surface area contributed by atoms with Gasteiger partial charge in [0.1, 0.15) is 6.16 Å². The summed E-state index contributed by atoms with van der Waals surface area (Å²) in [6, 6.07) is 0. The van der Waals surface area contributed by atoms with Crippen LogP contribution >= 0.6 is 7.60 Å². The minimum atomic E-state index is -3.31. The van der Waals surface area contributed by atoms with E-state index >= 15 is 0 Å². The van der Waals surface area contributed by atoms with E-state index in [4.69, 9.17) is 9.05 Å². The molecule has 0 fully saturated rings. The molecular weight excluding hydrogens is 263 g/mol. The molecule has 0 spiro atoms. The van der Waals surface area contributed by atoms with Gasteiger partial charge in [-0.15, -0.1) is 11.8 Å². The largest absolute Gasteiger partial charge is 0.338 e. The zero-order valence-electron chi connectivity index (χ0n) is 12.6. The highest BCUT2D eigenvalue weighted by molar-refractivity contribution is 7.54. The zero-order chi connectivity index (χ0) is 14.9. The first kappa shape index (κ1) is 18.4. The Labute approximate surface area is 116 Å². The van der Waals surface area contributed by atoms with E-state index < -0.39 is 13.0 Å².